The summed E-state index contributed by atoms with van der Waals surface area (Å²) in [6.07, 6.45) is 0.680. The Balaban J connectivity index is 2.02. The van der Waals surface area contributed by atoms with Crippen LogP contribution in [0.15, 0.2) is 83.8 Å². The molecule has 7 nitrogen and oxygen atoms in total. The summed E-state index contributed by atoms with van der Waals surface area (Å²) in [6.45, 7) is 4.45. The highest BCUT2D eigenvalue weighted by molar-refractivity contribution is 7.92. The second kappa shape index (κ2) is 12.9. The maximum absolute atomic E-state index is 14.6. The normalized spacial score (nSPS) is 12.9. The average Bonchev–Trinajstić information content (AvgIpc) is 2.91. The highest BCUT2D eigenvalue weighted by atomic mass is 35.5. The molecule has 0 bridgehead atoms. The summed E-state index contributed by atoms with van der Waals surface area (Å²) < 4.78 is 42.8. The van der Waals surface area contributed by atoms with Gasteiger partial charge < -0.3 is 10.2 Å². The molecule has 0 radical (unpaired) electrons. The number of carbonyl (C=O) groups is 2. The molecule has 3 rings (SSSR count). The van der Waals surface area contributed by atoms with E-state index < -0.39 is 40.2 Å². The summed E-state index contributed by atoms with van der Waals surface area (Å²) in [5, 5.41) is 3.24. The van der Waals surface area contributed by atoms with Crippen LogP contribution in [0.2, 0.25) is 5.02 Å². The summed E-state index contributed by atoms with van der Waals surface area (Å²) in [5.74, 6) is -1.63. The molecule has 0 fully saturated rings. The Bertz CT molecular complexity index is 1350. The van der Waals surface area contributed by atoms with Gasteiger partial charge in [0.05, 0.1) is 10.6 Å². The number of benzene rings is 3. The second-order valence-corrected chi connectivity index (χ2v) is 11.2. The molecule has 0 unspecified atom stereocenters. The number of amides is 2. The van der Waals surface area contributed by atoms with Crippen molar-refractivity contribution in [1.82, 2.24) is 10.2 Å². The van der Waals surface area contributed by atoms with Crippen LogP contribution < -0.4 is 9.62 Å². The Labute approximate surface area is 228 Å². The number of carbonyl (C=O) groups excluding carboxylic acids is 2. The van der Waals surface area contributed by atoms with Gasteiger partial charge in [-0.05, 0) is 62.7 Å². The van der Waals surface area contributed by atoms with E-state index in [1.807, 2.05) is 13.8 Å². The van der Waals surface area contributed by atoms with Crippen LogP contribution in [0.4, 0.5) is 10.1 Å². The molecule has 0 aromatic heterocycles. The highest BCUT2D eigenvalue weighted by Gasteiger charge is 2.33. The predicted molar refractivity (Wildman–Crippen MR) is 147 cm³/mol. The molecule has 3 aromatic carbocycles. The first-order valence-corrected chi connectivity index (χ1v) is 14.0. The minimum absolute atomic E-state index is 0.00836. The lowest BCUT2D eigenvalue weighted by Crippen LogP contribution is -2.52. The van der Waals surface area contributed by atoms with E-state index in [-0.39, 0.29) is 28.7 Å². The Morgan fingerprint density at radius 1 is 0.947 bits per heavy atom. The molecular formula is C28H31ClFN3O4S. The predicted octanol–water partition coefficient (Wildman–Crippen LogP) is 5.01. The fraction of sp³-hybridized carbons (Fsp3) is 0.286. The van der Waals surface area contributed by atoms with Crippen LogP contribution in [0, 0.1) is 5.82 Å². The molecule has 0 saturated carbocycles. The van der Waals surface area contributed by atoms with Gasteiger partial charge in [0.2, 0.25) is 11.8 Å². The maximum Gasteiger partial charge on any atom is 0.264 e. The van der Waals surface area contributed by atoms with Gasteiger partial charge >= 0.3 is 0 Å². The molecule has 0 heterocycles. The second-order valence-electron chi connectivity index (χ2n) is 8.91. The topological polar surface area (TPSA) is 86.8 Å². The first-order valence-electron chi connectivity index (χ1n) is 12.2. The van der Waals surface area contributed by atoms with Crippen LogP contribution >= 0.6 is 11.6 Å². The van der Waals surface area contributed by atoms with Crippen LogP contribution in [0.25, 0.3) is 0 Å². The number of anilines is 1. The molecule has 38 heavy (non-hydrogen) atoms. The minimum Gasteiger partial charge on any atom is -0.352 e. The van der Waals surface area contributed by atoms with Crippen molar-refractivity contribution in [2.75, 3.05) is 10.8 Å². The SMILES string of the molecule is CC[C@@H](C)NC(=O)[C@@H](C)N(Cc1ccccc1F)C(=O)CN(c1ccc(Cl)cc1)S(=O)(=O)c1ccccc1. The van der Waals surface area contributed by atoms with Crippen molar-refractivity contribution in [3.63, 3.8) is 0 Å². The van der Waals surface area contributed by atoms with Gasteiger partial charge in [0.1, 0.15) is 18.4 Å². The van der Waals surface area contributed by atoms with Crippen LogP contribution in [0.1, 0.15) is 32.8 Å². The molecule has 3 aromatic rings. The Hall–Kier alpha value is -3.43. The van der Waals surface area contributed by atoms with E-state index in [1.54, 1.807) is 24.3 Å². The van der Waals surface area contributed by atoms with Gasteiger partial charge in [0.25, 0.3) is 10.0 Å². The lowest BCUT2D eigenvalue weighted by atomic mass is 10.1. The van der Waals surface area contributed by atoms with Crippen molar-refractivity contribution in [2.45, 2.75) is 50.7 Å². The van der Waals surface area contributed by atoms with Gasteiger partial charge in [-0.1, -0.05) is 54.9 Å². The van der Waals surface area contributed by atoms with Crippen LogP contribution in [0.5, 0.6) is 0 Å². The Kier molecular flexibility index (Phi) is 9.88. The molecular weight excluding hydrogens is 529 g/mol. The zero-order valence-electron chi connectivity index (χ0n) is 21.5. The van der Waals surface area contributed by atoms with Gasteiger partial charge in [-0.15, -0.1) is 0 Å². The van der Waals surface area contributed by atoms with Gasteiger partial charge in [-0.3, -0.25) is 13.9 Å². The fourth-order valence-electron chi connectivity index (χ4n) is 3.71. The third kappa shape index (κ3) is 7.11. The number of rotatable bonds is 11. The first-order chi connectivity index (χ1) is 18.0. The zero-order valence-corrected chi connectivity index (χ0v) is 23.0. The molecule has 2 amide bonds. The molecule has 1 N–H and O–H groups in total. The molecule has 0 aliphatic heterocycles. The average molecular weight is 560 g/mol. The molecule has 0 aliphatic carbocycles. The van der Waals surface area contributed by atoms with Crippen LogP contribution in [-0.2, 0) is 26.2 Å². The minimum atomic E-state index is -4.18. The summed E-state index contributed by atoms with van der Waals surface area (Å²) in [4.78, 5) is 28.0. The fourth-order valence-corrected chi connectivity index (χ4v) is 5.28. The number of hydrogen-bond donors (Lipinski definition) is 1. The molecule has 0 aliphatic rings. The van der Waals surface area contributed by atoms with Crippen LogP contribution in [-0.4, -0.2) is 43.8 Å². The van der Waals surface area contributed by atoms with Crippen molar-refractivity contribution >= 4 is 39.1 Å². The van der Waals surface area contributed by atoms with Gasteiger partial charge in [-0.2, -0.15) is 0 Å². The first kappa shape index (κ1) is 29.1. The number of hydrogen-bond acceptors (Lipinski definition) is 4. The Morgan fingerprint density at radius 3 is 2.16 bits per heavy atom. The van der Waals surface area contributed by atoms with E-state index in [4.69, 9.17) is 11.6 Å². The van der Waals surface area contributed by atoms with Gasteiger partial charge in [-0.25, -0.2) is 12.8 Å². The summed E-state index contributed by atoms with van der Waals surface area (Å²) >= 11 is 6.02. The largest absolute Gasteiger partial charge is 0.352 e. The molecule has 2 atom stereocenters. The van der Waals surface area contributed by atoms with Crippen molar-refractivity contribution in [2.24, 2.45) is 0 Å². The lowest BCUT2D eigenvalue weighted by Gasteiger charge is -2.32. The van der Waals surface area contributed by atoms with Crippen LogP contribution in [0.3, 0.4) is 0 Å². The van der Waals surface area contributed by atoms with E-state index >= 15 is 0 Å². The molecule has 10 heteroatoms. The lowest BCUT2D eigenvalue weighted by molar-refractivity contribution is -0.139. The van der Waals surface area contributed by atoms with Crippen molar-refractivity contribution in [3.05, 3.63) is 95.3 Å². The Morgan fingerprint density at radius 2 is 1.55 bits per heavy atom. The summed E-state index contributed by atoms with van der Waals surface area (Å²) in [5.41, 5.74) is 0.419. The number of nitrogens with zero attached hydrogens (tertiary/aromatic N) is 2. The van der Waals surface area contributed by atoms with Crippen molar-refractivity contribution in [3.8, 4) is 0 Å². The standard InChI is InChI=1S/C28H31ClFN3O4S/c1-4-20(2)31-28(35)21(3)32(18-22-10-8-9-13-26(22)30)27(34)19-33(24-16-14-23(29)15-17-24)38(36,37)25-11-6-5-7-12-25/h5-17,20-21H,4,18-19H2,1-3H3,(H,31,35)/t20-,21-/m1/s1. The smallest absolute Gasteiger partial charge is 0.264 e. The van der Waals surface area contributed by atoms with E-state index in [1.165, 1.54) is 66.4 Å². The van der Waals surface area contributed by atoms with Gasteiger partial charge in [0.15, 0.2) is 0 Å². The maximum atomic E-state index is 14.6. The number of nitrogens with one attached hydrogen (secondary N) is 1. The van der Waals surface area contributed by atoms with E-state index in [9.17, 15) is 22.4 Å². The molecule has 0 saturated heterocycles. The van der Waals surface area contributed by atoms with Gasteiger partial charge in [0, 0.05) is 23.2 Å². The van der Waals surface area contributed by atoms with Crippen molar-refractivity contribution in [1.29, 1.82) is 0 Å². The van der Waals surface area contributed by atoms with E-state index in [0.29, 0.717) is 11.4 Å². The summed E-state index contributed by atoms with van der Waals surface area (Å²) in [7, 11) is -4.18. The third-order valence-corrected chi connectivity index (χ3v) is 8.23. The quantitative estimate of drug-likeness (QED) is 0.358. The zero-order chi connectivity index (χ0) is 27.9. The molecule has 202 valence electrons. The number of halogens is 2. The molecule has 0 spiro atoms. The van der Waals surface area contributed by atoms with E-state index in [0.717, 1.165) is 4.31 Å². The third-order valence-electron chi connectivity index (χ3n) is 6.19. The highest BCUT2D eigenvalue weighted by Crippen LogP contribution is 2.26. The number of sulfonamides is 1. The van der Waals surface area contributed by atoms with Crippen molar-refractivity contribution < 1.29 is 22.4 Å². The monoisotopic (exact) mass is 559 g/mol. The van der Waals surface area contributed by atoms with E-state index in [2.05, 4.69) is 5.32 Å². The summed E-state index contributed by atoms with van der Waals surface area (Å²) in [6, 6.07) is 18.6.